The Hall–Kier alpha value is -1.26. The third kappa shape index (κ3) is 2.76. The Morgan fingerprint density at radius 1 is 1.30 bits per heavy atom. The number of ether oxygens (including phenoxy) is 1. The fourth-order valence-electron chi connectivity index (χ4n) is 2.09. The van der Waals surface area contributed by atoms with Crippen molar-refractivity contribution in [2.45, 2.75) is 24.9 Å². The molecule has 0 spiro atoms. The van der Waals surface area contributed by atoms with Gasteiger partial charge in [0.1, 0.15) is 10.9 Å². The third-order valence-corrected chi connectivity index (χ3v) is 4.38. The fourth-order valence-corrected chi connectivity index (χ4v) is 3.46. The molecule has 1 aliphatic heterocycles. The molecule has 0 saturated carbocycles. The van der Waals surface area contributed by atoms with Crippen molar-refractivity contribution in [3.63, 3.8) is 0 Å². The van der Waals surface area contributed by atoms with Crippen molar-refractivity contribution in [2.24, 2.45) is 0 Å². The highest BCUT2D eigenvalue weighted by Crippen LogP contribution is 2.34. The average Bonchev–Trinajstić information content (AvgIpc) is 2.94. The van der Waals surface area contributed by atoms with Gasteiger partial charge in [-0.3, -0.25) is 0 Å². The molecule has 0 amide bonds. The maximum atomic E-state index is 6.25. The van der Waals surface area contributed by atoms with Crippen LogP contribution < -0.4 is 4.74 Å². The van der Waals surface area contributed by atoms with Gasteiger partial charge in [-0.2, -0.15) is 11.8 Å². The lowest BCUT2D eigenvalue weighted by atomic mass is 10.2. The molecule has 20 heavy (non-hydrogen) atoms. The zero-order valence-corrected chi connectivity index (χ0v) is 12.8. The summed E-state index contributed by atoms with van der Waals surface area (Å²) >= 11 is 8.08. The molecule has 0 atom stereocenters. The number of rotatable bonds is 4. The van der Waals surface area contributed by atoms with E-state index in [4.69, 9.17) is 16.3 Å². The van der Waals surface area contributed by atoms with Crippen LogP contribution in [0, 0.1) is 0 Å². The summed E-state index contributed by atoms with van der Waals surface area (Å²) in [6, 6.07) is 7.86. The summed E-state index contributed by atoms with van der Waals surface area (Å²) in [5.74, 6) is 3.35. The number of thioether (sulfide) groups is 1. The summed E-state index contributed by atoms with van der Waals surface area (Å²) in [7, 11) is 0. The van der Waals surface area contributed by atoms with Crippen LogP contribution in [0.1, 0.15) is 24.6 Å². The van der Waals surface area contributed by atoms with Crippen molar-refractivity contribution < 1.29 is 4.74 Å². The SMILES string of the molecule is CCCOc1cccc(-c2nc(Cl)c3c(n2)CSC3)c1. The zero-order valence-electron chi connectivity index (χ0n) is 11.2. The second-order valence-corrected chi connectivity index (χ2v) is 5.98. The smallest absolute Gasteiger partial charge is 0.161 e. The molecule has 5 heteroatoms. The van der Waals surface area contributed by atoms with Gasteiger partial charge in [-0.05, 0) is 18.6 Å². The van der Waals surface area contributed by atoms with Gasteiger partial charge in [0.2, 0.25) is 0 Å². The van der Waals surface area contributed by atoms with Crippen molar-refractivity contribution >= 4 is 23.4 Å². The van der Waals surface area contributed by atoms with Crippen LogP contribution >= 0.6 is 23.4 Å². The minimum atomic E-state index is 0.579. The van der Waals surface area contributed by atoms with E-state index in [0.717, 1.165) is 40.5 Å². The van der Waals surface area contributed by atoms with Crippen molar-refractivity contribution in [2.75, 3.05) is 6.61 Å². The largest absolute Gasteiger partial charge is 0.494 e. The highest BCUT2D eigenvalue weighted by Gasteiger charge is 2.19. The molecular weight excluding hydrogens is 292 g/mol. The summed E-state index contributed by atoms with van der Waals surface area (Å²) in [6.07, 6.45) is 0.989. The van der Waals surface area contributed by atoms with Gasteiger partial charge in [0.25, 0.3) is 0 Å². The summed E-state index contributed by atoms with van der Waals surface area (Å²) in [4.78, 5) is 9.06. The minimum absolute atomic E-state index is 0.579. The molecular formula is C15H15ClN2OS. The van der Waals surface area contributed by atoms with Crippen LogP contribution in [0.3, 0.4) is 0 Å². The van der Waals surface area contributed by atoms with Crippen LogP contribution in [-0.4, -0.2) is 16.6 Å². The second kappa shape index (κ2) is 6.02. The Morgan fingerprint density at radius 3 is 3.05 bits per heavy atom. The normalized spacial score (nSPS) is 13.3. The standard InChI is InChI=1S/C15H15ClN2OS/c1-2-6-19-11-5-3-4-10(7-11)15-17-13-9-20-8-12(13)14(16)18-15/h3-5,7H,2,6,8-9H2,1H3. The highest BCUT2D eigenvalue weighted by atomic mass is 35.5. The molecule has 1 aliphatic rings. The van der Waals surface area contributed by atoms with Gasteiger partial charge >= 0.3 is 0 Å². The van der Waals surface area contributed by atoms with Crippen molar-refractivity contribution in [1.82, 2.24) is 9.97 Å². The molecule has 0 radical (unpaired) electrons. The fraction of sp³-hybridized carbons (Fsp3) is 0.333. The van der Waals surface area contributed by atoms with Crippen LogP contribution in [0.4, 0.5) is 0 Å². The third-order valence-electron chi connectivity index (χ3n) is 3.09. The number of aromatic nitrogens is 2. The Labute approximate surface area is 127 Å². The lowest BCUT2D eigenvalue weighted by molar-refractivity contribution is 0.317. The number of fused-ring (bicyclic) bond motifs is 1. The maximum Gasteiger partial charge on any atom is 0.161 e. The van der Waals surface area contributed by atoms with E-state index < -0.39 is 0 Å². The molecule has 0 aliphatic carbocycles. The summed E-state index contributed by atoms with van der Waals surface area (Å²) in [5.41, 5.74) is 3.09. The predicted octanol–water partition coefficient (Wildman–Crippen LogP) is 4.33. The molecule has 104 valence electrons. The van der Waals surface area contributed by atoms with Crippen LogP contribution in [0.25, 0.3) is 11.4 Å². The summed E-state index contributed by atoms with van der Waals surface area (Å²) in [6.45, 7) is 2.80. The first-order chi connectivity index (χ1) is 9.78. The van der Waals surface area contributed by atoms with E-state index in [1.807, 2.05) is 36.0 Å². The van der Waals surface area contributed by atoms with E-state index >= 15 is 0 Å². The predicted molar refractivity (Wildman–Crippen MR) is 83.3 cm³/mol. The van der Waals surface area contributed by atoms with Crippen LogP contribution in [-0.2, 0) is 11.5 Å². The highest BCUT2D eigenvalue weighted by molar-refractivity contribution is 7.98. The lowest BCUT2D eigenvalue weighted by Gasteiger charge is -2.08. The summed E-state index contributed by atoms with van der Waals surface area (Å²) < 4.78 is 5.65. The molecule has 2 aromatic rings. The molecule has 0 bridgehead atoms. The van der Waals surface area contributed by atoms with Crippen LogP contribution in [0.2, 0.25) is 5.15 Å². The molecule has 1 aromatic heterocycles. The monoisotopic (exact) mass is 306 g/mol. The van der Waals surface area contributed by atoms with Gasteiger partial charge in [-0.1, -0.05) is 30.7 Å². The Kier molecular flexibility index (Phi) is 4.13. The molecule has 0 unspecified atom stereocenters. The molecule has 3 rings (SSSR count). The number of hydrogen-bond acceptors (Lipinski definition) is 4. The van der Waals surface area contributed by atoms with Gasteiger partial charge in [0.15, 0.2) is 5.82 Å². The first kappa shape index (κ1) is 13.7. The number of nitrogens with zero attached hydrogens (tertiary/aromatic N) is 2. The Bertz CT molecular complexity index is 633. The Balaban J connectivity index is 1.95. The Morgan fingerprint density at radius 2 is 2.20 bits per heavy atom. The quantitative estimate of drug-likeness (QED) is 0.787. The number of benzene rings is 1. The molecule has 0 saturated heterocycles. The topological polar surface area (TPSA) is 35.0 Å². The second-order valence-electron chi connectivity index (χ2n) is 4.63. The average molecular weight is 307 g/mol. The van der Waals surface area contributed by atoms with Gasteiger partial charge in [0, 0.05) is 22.6 Å². The minimum Gasteiger partial charge on any atom is -0.494 e. The van der Waals surface area contributed by atoms with Crippen LogP contribution in [0.5, 0.6) is 5.75 Å². The van der Waals surface area contributed by atoms with Gasteiger partial charge in [-0.25, -0.2) is 9.97 Å². The van der Waals surface area contributed by atoms with E-state index in [-0.39, 0.29) is 0 Å². The van der Waals surface area contributed by atoms with Crippen molar-refractivity contribution in [3.05, 3.63) is 40.7 Å². The van der Waals surface area contributed by atoms with E-state index in [1.54, 1.807) is 0 Å². The molecule has 2 heterocycles. The lowest BCUT2D eigenvalue weighted by Crippen LogP contribution is -1.98. The maximum absolute atomic E-state index is 6.25. The van der Waals surface area contributed by atoms with Gasteiger partial charge < -0.3 is 4.74 Å². The van der Waals surface area contributed by atoms with E-state index in [1.165, 1.54) is 0 Å². The number of halogens is 1. The molecule has 1 aromatic carbocycles. The van der Waals surface area contributed by atoms with Gasteiger partial charge in [-0.15, -0.1) is 0 Å². The molecule has 3 nitrogen and oxygen atoms in total. The first-order valence-electron chi connectivity index (χ1n) is 6.64. The molecule has 0 N–H and O–H groups in total. The van der Waals surface area contributed by atoms with E-state index in [9.17, 15) is 0 Å². The van der Waals surface area contributed by atoms with E-state index in [0.29, 0.717) is 17.6 Å². The zero-order chi connectivity index (χ0) is 13.9. The van der Waals surface area contributed by atoms with Crippen LogP contribution in [0.15, 0.2) is 24.3 Å². The number of hydrogen-bond donors (Lipinski definition) is 0. The summed E-state index contributed by atoms with van der Waals surface area (Å²) in [5, 5.41) is 0.579. The van der Waals surface area contributed by atoms with Crippen molar-refractivity contribution in [3.8, 4) is 17.1 Å². The van der Waals surface area contributed by atoms with E-state index in [2.05, 4.69) is 16.9 Å². The van der Waals surface area contributed by atoms with Crippen molar-refractivity contribution in [1.29, 1.82) is 0 Å². The first-order valence-corrected chi connectivity index (χ1v) is 8.17. The van der Waals surface area contributed by atoms with Gasteiger partial charge in [0.05, 0.1) is 12.3 Å². The molecule has 0 fully saturated rings.